The first-order valence-electron chi connectivity index (χ1n) is 6.71. The lowest BCUT2D eigenvalue weighted by atomic mass is 10.1. The second-order valence-corrected chi connectivity index (χ2v) is 4.59. The maximum absolute atomic E-state index is 11.2. The summed E-state index contributed by atoms with van der Waals surface area (Å²) >= 11 is 0. The molecule has 2 aliphatic rings. The fourth-order valence-corrected chi connectivity index (χ4v) is 2.15. The molecule has 0 radical (unpaired) electrons. The second-order valence-electron chi connectivity index (χ2n) is 4.59. The van der Waals surface area contributed by atoms with Crippen LogP contribution in [-0.4, -0.2) is 62.3 Å². The summed E-state index contributed by atoms with van der Waals surface area (Å²) < 4.78 is 11.0. The van der Waals surface area contributed by atoms with Crippen LogP contribution in [-0.2, 0) is 19.1 Å². The third kappa shape index (κ3) is 4.41. The molecule has 19 heavy (non-hydrogen) atoms. The van der Waals surface area contributed by atoms with Gasteiger partial charge in [-0.2, -0.15) is 0 Å². The van der Waals surface area contributed by atoms with Crippen molar-refractivity contribution in [2.75, 3.05) is 39.5 Å². The summed E-state index contributed by atoms with van der Waals surface area (Å²) in [6, 6.07) is 0. The Morgan fingerprint density at radius 3 is 2.47 bits per heavy atom. The van der Waals surface area contributed by atoms with Crippen molar-refractivity contribution in [3.8, 4) is 0 Å². The van der Waals surface area contributed by atoms with E-state index < -0.39 is 0 Å². The molecule has 6 nitrogen and oxygen atoms in total. The normalized spacial score (nSPS) is 20.5. The molecule has 0 aromatic rings. The first-order chi connectivity index (χ1) is 9.27. The van der Waals surface area contributed by atoms with Crippen LogP contribution < -0.4 is 5.32 Å². The Kier molecular flexibility index (Phi) is 5.50. The number of rotatable bonds is 7. The first kappa shape index (κ1) is 14.2. The van der Waals surface area contributed by atoms with Crippen LogP contribution in [0.3, 0.4) is 0 Å². The number of ether oxygens (including phenoxy) is 2. The summed E-state index contributed by atoms with van der Waals surface area (Å²) in [5.74, 6) is -0.529. The maximum atomic E-state index is 11.2. The zero-order valence-electron chi connectivity index (χ0n) is 11.0. The lowest BCUT2D eigenvalue weighted by Crippen LogP contribution is -2.34. The minimum atomic E-state index is -0.264. The van der Waals surface area contributed by atoms with Gasteiger partial charge in [0.15, 0.2) is 0 Å². The van der Waals surface area contributed by atoms with Crippen molar-refractivity contribution in [2.24, 2.45) is 0 Å². The Balaban J connectivity index is 1.48. The standard InChI is InChI=1S/C13H20N2O4/c16-12-1-2-13(17)15(12)7-8-18-9-10-19-11-3-5-14-6-4-11/h1-2,11,14H,3-10H2. The van der Waals surface area contributed by atoms with E-state index >= 15 is 0 Å². The molecule has 0 aromatic heterocycles. The van der Waals surface area contributed by atoms with Gasteiger partial charge in [0.05, 0.1) is 32.5 Å². The molecule has 2 aliphatic heterocycles. The molecular weight excluding hydrogens is 248 g/mol. The van der Waals surface area contributed by atoms with E-state index in [1.807, 2.05) is 0 Å². The second kappa shape index (κ2) is 7.37. The quantitative estimate of drug-likeness (QED) is 0.507. The molecule has 0 saturated carbocycles. The van der Waals surface area contributed by atoms with E-state index in [1.54, 1.807) is 0 Å². The third-order valence-electron chi connectivity index (χ3n) is 3.23. The minimum Gasteiger partial charge on any atom is -0.377 e. The van der Waals surface area contributed by atoms with E-state index in [0.717, 1.165) is 25.9 Å². The van der Waals surface area contributed by atoms with Crippen molar-refractivity contribution in [3.63, 3.8) is 0 Å². The fraction of sp³-hybridized carbons (Fsp3) is 0.692. The Morgan fingerprint density at radius 1 is 1.11 bits per heavy atom. The van der Waals surface area contributed by atoms with Crippen molar-refractivity contribution in [3.05, 3.63) is 12.2 Å². The van der Waals surface area contributed by atoms with Gasteiger partial charge in [0.1, 0.15) is 0 Å². The molecule has 0 aliphatic carbocycles. The number of imide groups is 1. The number of hydrogen-bond donors (Lipinski definition) is 1. The number of piperidine rings is 1. The molecular formula is C13H20N2O4. The van der Waals surface area contributed by atoms with Crippen molar-refractivity contribution in [1.29, 1.82) is 0 Å². The lowest BCUT2D eigenvalue weighted by molar-refractivity contribution is -0.137. The summed E-state index contributed by atoms with van der Waals surface area (Å²) in [4.78, 5) is 23.7. The molecule has 6 heteroatoms. The number of nitrogens with one attached hydrogen (secondary N) is 1. The molecule has 0 unspecified atom stereocenters. The maximum Gasteiger partial charge on any atom is 0.253 e. The van der Waals surface area contributed by atoms with E-state index in [0.29, 0.717) is 32.5 Å². The van der Waals surface area contributed by atoms with Gasteiger partial charge in [-0.25, -0.2) is 0 Å². The minimum absolute atomic E-state index is 0.264. The van der Waals surface area contributed by atoms with Crippen LogP contribution in [0.25, 0.3) is 0 Å². The highest BCUT2D eigenvalue weighted by Crippen LogP contribution is 2.06. The van der Waals surface area contributed by atoms with Crippen LogP contribution in [0.4, 0.5) is 0 Å². The molecule has 0 bridgehead atoms. The van der Waals surface area contributed by atoms with Gasteiger partial charge in [-0.15, -0.1) is 0 Å². The van der Waals surface area contributed by atoms with Gasteiger partial charge in [0.2, 0.25) is 0 Å². The molecule has 1 saturated heterocycles. The van der Waals surface area contributed by atoms with Crippen LogP contribution in [0, 0.1) is 0 Å². The van der Waals surface area contributed by atoms with Crippen molar-refractivity contribution in [1.82, 2.24) is 10.2 Å². The van der Waals surface area contributed by atoms with Crippen LogP contribution in [0.15, 0.2) is 12.2 Å². The number of carbonyl (C=O) groups excluding carboxylic acids is 2. The summed E-state index contributed by atoms with van der Waals surface area (Å²) in [6.45, 7) is 3.74. The topological polar surface area (TPSA) is 67.9 Å². The number of hydrogen-bond acceptors (Lipinski definition) is 5. The highest BCUT2D eigenvalue weighted by atomic mass is 16.5. The molecule has 1 fully saturated rings. The Morgan fingerprint density at radius 2 is 1.79 bits per heavy atom. The number of amides is 2. The van der Waals surface area contributed by atoms with E-state index in [1.165, 1.54) is 17.1 Å². The average molecular weight is 268 g/mol. The summed E-state index contributed by atoms with van der Waals surface area (Å²) in [5, 5.41) is 3.28. The zero-order valence-corrected chi connectivity index (χ0v) is 11.0. The van der Waals surface area contributed by atoms with Gasteiger partial charge >= 0.3 is 0 Å². The number of carbonyl (C=O) groups is 2. The predicted molar refractivity (Wildman–Crippen MR) is 68.5 cm³/mol. The molecule has 0 spiro atoms. The Hall–Kier alpha value is -1.24. The average Bonchev–Trinajstić information content (AvgIpc) is 2.75. The molecule has 0 aromatic carbocycles. The monoisotopic (exact) mass is 268 g/mol. The van der Waals surface area contributed by atoms with E-state index in [-0.39, 0.29) is 11.8 Å². The lowest BCUT2D eigenvalue weighted by Gasteiger charge is -2.22. The SMILES string of the molecule is O=C1C=CC(=O)N1CCOCCOC1CCNCC1. The molecule has 2 rings (SSSR count). The van der Waals surface area contributed by atoms with Gasteiger partial charge in [-0.05, 0) is 25.9 Å². The van der Waals surface area contributed by atoms with Crippen LogP contribution >= 0.6 is 0 Å². The Labute approximate surface area is 112 Å². The highest BCUT2D eigenvalue weighted by Gasteiger charge is 2.22. The fourth-order valence-electron chi connectivity index (χ4n) is 2.15. The van der Waals surface area contributed by atoms with Gasteiger partial charge in [-0.3, -0.25) is 14.5 Å². The van der Waals surface area contributed by atoms with Crippen LogP contribution in [0.1, 0.15) is 12.8 Å². The largest absolute Gasteiger partial charge is 0.377 e. The van der Waals surface area contributed by atoms with Crippen molar-refractivity contribution in [2.45, 2.75) is 18.9 Å². The molecule has 2 amide bonds. The molecule has 106 valence electrons. The summed E-state index contributed by atoms with van der Waals surface area (Å²) in [7, 11) is 0. The summed E-state index contributed by atoms with van der Waals surface area (Å²) in [6.07, 6.45) is 4.98. The Bertz CT molecular complexity index is 333. The smallest absolute Gasteiger partial charge is 0.253 e. The molecule has 1 N–H and O–H groups in total. The van der Waals surface area contributed by atoms with Crippen LogP contribution in [0.5, 0.6) is 0 Å². The van der Waals surface area contributed by atoms with Crippen LogP contribution in [0.2, 0.25) is 0 Å². The van der Waals surface area contributed by atoms with Gasteiger partial charge in [0, 0.05) is 12.2 Å². The third-order valence-corrected chi connectivity index (χ3v) is 3.23. The van der Waals surface area contributed by atoms with Gasteiger partial charge in [0.25, 0.3) is 11.8 Å². The van der Waals surface area contributed by atoms with Crippen molar-refractivity contribution < 1.29 is 19.1 Å². The zero-order chi connectivity index (χ0) is 13.5. The van der Waals surface area contributed by atoms with Gasteiger partial charge in [-0.1, -0.05) is 0 Å². The van der Waals surface area contributed by atoms with E-state index in [2.05, 4.69) is 5.32 Å². The predicted octanol–water partition coefficient (Wildman–Crippen LogP) is -0.303. The molecule has 0 atom stereocenters. The first-order valence-corrected chi connectivity index (χ1v) is 6.71. The molecule has 2 heterocycles. The highest BCUT2D eigenvalue weighted by molar-refractivity contribution is 6.12. The number of nitrogens with zero attached hydrogens (tertiary/aromatic N) is 1. The van der Waals surface area contributed by atoms with Gasteiger partial charge < -0.3 is 14.8 Å². The van der Waals surface area contributed by atoms with E-state index in [9.17, 15) is 9.59 Å². The van der Waals surface area contributed by atoms with E-state index in [4.69, 9.17) is 9.47 Å². The summed E-state index contributed by atoms with van der Waals surface area (Å²) in [5.41, 5.74) is 0. The van der Waals surface area contributed by atoms with Crippen molar-refractivity contribution >= 4 is 11.8 Å².